The maximum atomic E-state index is 12.2. The summed E-state index contributed by atoms with van der Waals surface area (Å²) in [5.41, 5.74) is 3.11. The molecule has 1 amide bonds. The van der Waals surface area contributed by atoms with Gasteiger partial charge in [-0.05, 0) is 43.7 Å². The van der Waals surface area contributed by atoms with Gasteiger partial charge in [0.2, 0.25) is 0 Å². The average Bonchev–Trinajstić information content (AvgIpc) is 2.41. The third-order valence-corrected chi connectivity index (χ3v) is 4.26. The summed E-state index contributed by atoms with van der Waals surface area (Å²) in [6.45, 7) is 3.89. The van der Waals surface area contributed by atoms with Crippen LogP contribution in [-0.4, -0.2) is 20.6 Å². The van der Waals surface area contributed by atoms with Gasteiger partial charge in [-0.2, -0.15) is 0 Å². The lowest BCUT2D eigenvalue weighted by Gasteiger charge is -2.09. The molecule has 2 aromatic carbocycles. The zero-order chi connectivity index (χ0) is 15.6. The van der Waals surface area contributed by atoms with Crippen molar-refractivity contribution in [3.05, 3.63) is 59.2 Å². The van der Waals surface area contributed by atoms with Crippen LogP contribution in [0, 0.1) is 13.8 Å². The van der Waals surface area contributed by atoms with Crippen LogP contribution >= 0.6 is 0 Å². The van der Waals surface area contributed by atoms with Crippen LogP contribution in [-0.2, 0) is 9.84 Å². The quantitative estimate of drug-likeness (QED) is 0.948. The second kappa shape index (κ2) is 5.69. The Morgan fingerprint density at radius 2 is 1.76 bits per heavy atom. The van der Waals surface area contributed by atoms with Gasteiger partial charge in [0.05, 0.1) is 4.90 Å². The fourth-order valence-electron chi connectivity index (χ4n) is 2.02. The summed E-state index contributed by atoms with van der Waals surface area (Å²) >= 11 is 0. The lowest BCUT2D eigenvalue weighted by atomic mass is 10.1. The number of nitrogens with one attached hydrogen (secondary N) is 1. The summed E-state index contributed by atoms with van der Waals surface area (Å²) in [6, 6.07) is 11.7. The van der Waals surface area contributed by atoms with Crippen LogP contribution in [0.3, 0.4) is 0 Å². The molecule has 4 nitrogen and oxygen atoms in total. The van der Waals surface area contributed by atoms with Crippen LogP contribution in [0.5, 0.6) is 0 Å². The molecule has 2 aromatic rings. The van der Waals surface area contributed by atoms with Gasteiger partial charge in [0, 0.05) is 17.5 Å². The Bertz CT molecular complexity index is 795. The number of rotatable bonds is 3. The molecule has 0 heterocycles. The fourth-order valence-corrected chi connectivity index (χ4v) is 2.68. The summed E-state index contributed by atoms with van der Waals surface area (Å²) in [5.74, 6) is -0.326. The standard InChI is InChI=1S/C16H17NO3S/c1-11-7-8-15(12(2)9-11)17-16(18)13-5-4-6-14(10-13)21(3,19)20/h4-10H,1-3H3,(H,17,18). The van der Waals surface area contributed by atoms with Gasteiger partial charge in [-0.15, -0.1) is 0 Å². The van der Waals surface area contributed by atoms with Gasteiger partial charge in [0.25, 0.3) is 5.91 Å². The monoisotopic (exact) mass is 303 g/mol. The third-order valence-electron chi connectivity index (χ3n) is 3.15. The van der Waals surface area contributed by atoms with Crippen molar-refractivity contribution < 1.29 is 13.2 Å². The molecule has 0 unspecified atom stereocenters. The first kappa shape index (κ1) is 15.3. The van der Waals surface area contributed by atoms with E-state index in [4.69, 9.17) is 0 Å². The molecule has 0 saturated heterocycles. The van der Waals surface area contributed by atoms with E-state index in [1.807, 2.05) is 32.0 Å². The van der Waals surface area contributed by atoms with Crippen molar-refractivity contribution in [3.8, 4) is 0 Å². The van der Waals surface area contributed by atoms with Crippen LogP contribution in [0.1, 0.15) is 21.5 Å². The van der Waals surface area contributed by atoms with E-state index in [1.54, 1.807) is 12.1 Å². The molecule has 0 saturated carbocycles. The van der Waals surface area contributed by atoms with Crippen LogP contribution in [0.15, 0.2) is 47.4 Å². The lowest BCUT2D eigenvalue weighted by Crippen LogP contribution is -2.13. The number of hydrogen-bond acceptors (Lipinski definition) is 3. The molecular weight excluding hydrogens is 286 g/mol. The van der Waals surface area contributed by atoms with E-state index >= 15 is 0 Å². The zero-order valence-corrected chi connectivity index (χ0v) is 13.0. The van der Waals surface area contributed by atoms with Crippen molar-refractivity contribution >= 4 is 21.4 Å². The molecule has 0 fully saturated rings. The molecule has 5 heteroatoms. The number of aryl methyl sites for hydroxylation is 2. The maximum absolute atomic E-state index is 12.2. The van der Waals surface area contributed by atoms with Crippen molar-refractivity contribution in [3.63, 3.8) is 0 Å². The van der Waals surface area contributed by atoms with E-state index < -0.39 is 9.84 Å². The molecule has 0 radical (unpaired) electrons. The highest BCUT2D eigenvalue weighted by Gasteiger charge is 2.12. The first-order chi connectivity index (χ1) is 9.77. The van der Waals surface area contributed by atoms with Crippen LogP contribution in [0.4, 0.5) is 5.69 Å². The second-order valence-electron chi connectivity index (χ2n) is 5.07. The van der Waals surface area contributed by atoms with Gasteiger partial charge in [-0.3, -0.25) is 4.79 Å². The molecule has 0 spiro atoms. The predicted octanol–water partition coefficient (Wildman–Crippen LogP) is 2.96. The molecule has 110 valence electrons. The molecule has 0 aromatic heterocycles. The largest absolute Gasteiger partial charge is 0.322 e. The molecule has 0 aliphatic rings. The Labute approximate surface area is 124 Å². The molecule has 2 rings (SSSR count). The molecule has 0 aliphatic carbocycles. The van der Waals surface area contributed by atoms with Crippen molar-refractivity contribution in [2.24, 2.45) is 0 Å². The summed E-state index contributed by atoms with van der Waals surface area (Å²) < 4.78 is 23.1. The Morgan fingerprint density at radius 3 is 2.38 bits per heavy atom. The Balaban J connectivity index is 2.29. The number of carbonyl (C=O) groups excluding carboxylic acids is 1. The van der Waals surface area contributed by atoms with E-state index in [-0.39, 0.29) is 10.8 Å². The first-order valence-electron chi connectivity index (χ1n) is 6.46. The van der Waals surface area contributed by atoms with Gasteiger partial charge in [-0.25, -0.2) is 8.42 Å². The summed E-state index contributed by atoms with van der Waals surface area (Å²) in [6.07, 6.45) is 1.12. The van der Waals surface area contributed by atoms with Crippen LogP contribution in [0.2, 0.25) is 0 Å². The van der Waals surface area contributed by atoms with Gasteiger partial charge in [-0.1, -0.05) is 23.8 Å². The minimum absolute atomic E-state index is 0.135. The van der Waals surface area contributed by atoms with Crippen LogP contribution < -0.4 is 5.32 Å². The maximum Gasteiger partial charge on any atom is 0.255 e. The summed E-state index contributed by atoms with van der Waals surface area (Å²) in [5, 5.41) is 2.80. The number of sulfone groups is 1. The molecule has 1 N–H and O–H groups in total. The van der Waals surface area contributed by atoms with Crippen molar-refractivity contribution in [1.29, 1.82) is 0 Å². The number of anilines is 1. The highest BCUT2D eigenvalue weighted by Crippen LogP contribution is 2.18. The van der Waals surface area contributed by atoms with E-state index in [9.17, 15) is 13.2 Å². The Kier molecular flexibility index (Phi) is 4.14. The van der Waals surface area contributed by atoms with E-state index in [1.165, 1.54) is 12.1 Å². The predicted molar refractivity (Wildman–Crippen MR) is 83.4 cm³/mol. The highest BCUT2D eigenvalue weighted by atomic mass is 32.2. The molecule has 0 aliphatic heterocycles. The molecular formula is C16H17NO3S. The normalized spacial score (nSPS) is 11.2. The van der Waals surface area contributed by atoms with Gasteiger partial charge in [0.1, 0.15) is 0 Å². The van der Waals surface area contributed by atoms with Gasteiger partial charge in [0.15, 0.2) is 9.84 Å². The van der Waals surface area contributed by atoms with E-state index in [2.05, 4.69) is 5.32 Å². The first-order valence-corrected chi connectivity index (χ1v) is 8.35. The minimum Gasteiger partial charge on any atom is -0.322 e. The second-order valence-corrected chi connectivity index (χ2v) is 7.09. The lowest BCUT2D eigenvalue weighted by molar-refractivity contribution is 0.102. The van der Waals surface area contributed by atoms with Gasteiger partial charge >= 0.3 is 0 Å². The molecule has 0 atom stereocenters. The van der Waals surface area contributed by atoms with E-state index in [0.29, 0.717) is 5.56 Å². The van der Waals surface area contributed by atoms with Crippen molar-refractivity contribution in [2.45, 2.75) is 18.7 Å². The molecule has 0 bridgehead atoms. The van der Waals surface area contributed by atoms with E-state index in [0.717, 1.165) is 23.1 Å². The van der Waals surface area contributed by atoms with Crippen molar-refractivity contribution in [1.82, 2.24) is 0 Å². The zero-order valence-electron chi connectivity index (χ0n) is 12.2. The minimum atomic E-state index is -3.33. The summed E-state index contributed by atoms with van der Waals surface area (Å²) in [7, 11) is -3.33. The highest BCUT2D eigenvalue weighted by molar-refractivity contribution is 7.90. The number of benzene rings is 2. The van der Waals surface area contributed by atoms with Crippen LogP contribution in [0.25, 0.3) is 0 Å². The Morgan fingerprint density at radius 1 is 1.05 bits per heavy atom. The summed E-state index contributed by atoms with van der Waals surface area (Å²) in [4.78, 5) is 12.4. The number of carbonyl (C=O) groups is 1. The number of hydrogen-bond donors (Lipinski definition) is 1. The number of amides is 1. The SMILES string of the molecule is Cc1ccc(NC(=O)c2cccc(S(C)(=O)=O)c2)c(C)c1. The van der Waals surface area contributed by atoms with Crippen molar-refractivity contribution in [2.75, 3.05) is 11.6 Å². The topological polar surface area (TPSA) is 63.2 Å². The average molecular weight is 303 g/mol. The smallest absolute Gasteiger partial charge is 0.255 e. The molecule has 21 heavy (non-hydrogen) atoms. The fraction of sp³-hybridized carbons (Fsp3) is 0.188. The Hall–Kier alpha value is -2.14. The third kappa shape index (κ3) is 3.70. The van der Waals surface area contributed by atoms with Gasteiger partial charge < -0.3 is 5.32 Å².